The van der Waals surface area contributed by atoms with Gasteiger partial charge in [-0.05, 0) is 111 Å². The van der Waals surface area contributed by atoms with Gasteiger partial charge in [-0.3, -0.25) is 29.4 Å². The van der Waals surface area contributed by atoms with Crippen molar-refractivity contribution in [1.82, 2.24) is 39.8 Å². The number of nitrogens with one attached hydrogen (secondary N) is 1. The molecule has 62 heavy (non-hydrogen) atoms. The lowest BCUT2D eigenvalue weighted by Crippen LogP contribution is -2.54. The number of carbonyl (C=O) groups is 5. The highest BCUT2D eigenvalue weighted by atomic mass is 16.5. The summed E-state index contributed by atoms with van der Waals surface area (Å²) in [7, 11) is 0. The zero-order valence-electron chi connectivity index (χ0n) is 34.3. The number of fused-ring (bicyclic) bond motifs is 2. The van der Waals surface area contributed by atoms with Gasteiger partial charge in [0.1, 0.15) is 35.4 Å². The van der Waals surface area contributed by atoms with Gasteiger partial charge in [0.05, 0.1) is 22.6 Å². The molecule has 5 aromatic rings. The van der Waals surface area contributed by atoms with Gasteiger partial charge >= 0.3 is 6.03 Å². The minimum atomic E-state index is -0.981. The molecular formula is C46H48N10O6. The van der Waals surface area contributed by atoms with Crippen molar-refractivity contribution in [1.29, 1.82) is 0 Å². The summed E-state index contributed by atoms with van der Waals surface area (Å²) in [5.74, 6) is 0.948. The van der Waals surface area contributed by atoms with Gasteiger partial charge in [-0.1, -0.05) is 18.2 Å². The van der Waals surface area contributed by atoms with Crippen LogP contribution in [0.15, 0.2) is 79.1 Å². The van der Waals surface area contributed by atoms with Crippen molar-refractivity contribution in [2.75, 3.05) is 49.9 Å². The summed E-state index contributed by atoms with van der Waals surface area (Å²) in [6, 6.07) is 21.9. The van der Waals surface area contributed by atoms with E-state index in [1.54, 1.807) is 12.1 Å². The van der Waals surface area contributed by atoms with E-state index in [1.807, 2.05) is 75.1 Å². The molecule has 10 rings (SSSR count). The molecule has 2 aromatic heterocycles. The van der Waals surface area contributed by atoms with Crippen molar-refractivity contribution in [2.45, 2.75) is 63.5 Å². The Morgan fingerprint density at radius 1 is 0.710 bits per heavy atom. The third-order valence-electron chi connectivity index (χ3n) is 13.5. The fourth-order valence-electron chi connectivity index (χ4n) is 10.1. The molecule has 1 unspecified atom stereocenters. The van der Waals surface area contributed by atoms with Crippen LogP contribution in [0.5, 0.6) is 11.5 Å². The van der Waals surface area contributed by atoms with Crippen LogP contribution in [0.1, 0.15) is 78.1 Å². The van der Waals surface area contributed by atoms with Crippen LogP contribution in [-0.2, 0) is 9.59 Å². The number of rotatable bonds is 7. The van der Waals surface area contributed by atoms with Gasteiger partial charge in [-0.2, -0.15) is 5.10 Å². The van der Waals surface area contributed by atoms with Crippen LogP contribution < -0.4 is 20.7 Å². The zero-order valence-corrected chi connectivity index (χ0v) is 34.3. The third kappa shape index (κ3) is 7.26. The molecule has 6 amide bonds. The number of benzene rings is 3. The third-order valence-corrected chi connectivity index (χ3v) is 13.5. The number of likely N-dealkylation sites (tertiary alicyclic amines) is 2. The maximum atomic E-state index is 13.8. The number of ether oxygens (including phenoxy) is 1. The lowest BCUT2D eigenvalue weighted by atomic mass is 9.78. The Kier molecular flexibility index (Phi) is 10.3. The fourth-order valence-corrected chi connectivity index (χ4v) is 10.1. The molecule has 3 N–H and O–H groups in total. The monoisotopic (exact) mass is 836 g/mol. The second kappa shape index (κ2) is 16.2. The second-order valence-electron chi connectivity index (χ2n) is 17.0. The molecule has 16 nitrogen and oxygen atoms in total. The number of hydrogen-bond acceptors (Lipinski definition) is 11. The van der Waals surface area contributed by atoms with Gasteiger partial charge in [0.25, 0.3) is 11.8 Å². The normalized spacial score (nSPS) is 20.5. The Hall–Kier alpha value is -6.84. The summed E-state index contributed by atoms with van der Waals surface area (Å²) in [4.78, 5) is 80.7. The number of hydrogen-bond donors (Lipinski definition) is 2. The van der Waals surface area contributed by atoms with Gasteiger partial charge in [0.15, 0.2) is 5.65 Å². The van der Waals surface area contributed by atoms with Gasteiger partial charge in [0.2, 0.25) is 11.8 Å². The standard InChI is InChI=1S/C46H48N10O6/c47-41-39-40(30-6-9-34(10-7-30)62-33-4-2-1-3-5-33)51-56(42(39)49-27-48-41)31-18-24-54(25-19-31)46(61)53-22-16-29(17-23-53)28-14-20-52(21-15-28)32-8-11-35-36(26-32)45(60)55(44(35)59)37-12-13-38(57)50-43(37)58/h1-11,26-29,31,37H,12-25H2,(H2,47,48,49)(H,50,57,58). The van der Waals surface area contributed by atoms with Crippen LogP contribution in [0.2, 0.25) is 0 Å². The first-order chi connectivity index (χ1) is 30.2. The van der Waals surface area contributed by atoms with Gasteiger partial charge in [-0.25, -0.2) is 19.4 Å². The number of nitrogen functional groups attached to an aromatic ring is 1. The highest BCUT2D eigenvalue weighted by Gasteiger charge is 2.45. The minimum absolute atomic E-state index is 0.0502. The zero-order chi connectivity index (χ0) is 42.5. The first kappa shape index (κ1) is 39.3. The number of carbonyl (C=O) groups excluding carboxylic acids is 5. The van der Waals surface area contributed by atoms with Crippen LogP contribution in [-0.4, -0.2) is 109 Å². The summed E-state index contributed by atoms with van der Waals surface area (Å²) < 4.78 is 7.97. The number of urea groups is 1. The molecule has 0 saturated carbocycles. The molecule has 0 spiro atoms. The van der Waals surface area contributed by atoms with Crippen molar-refractivity contribution in [3.63, 3.8) is 0 Å². The average molecular weight is 837 g/mol. The average Bonchev–Trinajstić information content (AvgIpc) is 3.82. The SMILES string of the molecule is Nc1ncnc2c1c(-c1ccc(Oc3ccccc3)cc1)nn2C1CCN(C(=O)N2CCC(C3CCN(c4ccc5c(c4)C(=O)N(C4CCC(=O)NC4=O)C5=O)CC3)CC2)CC1. The first-order valence-corrected chi connectivity index (χ1v) is 21.7. The Balaban J connectivity index is 0.716. The van der Waals surface area contributed by atoms with E-state index in [0.29, 0.717) is 64.3 Å². The highest BCUT2D eigenvalue weighted by molar-refractivity contribution is 6.23. The maximum absolute atomic E-state index is 13.8. The molecule has 3 aromatic carbocycles. The summed E-state index contributed by atoms with van der Waals surface area (Å²) in [6.45, 7) is 4.40. The van der Waals surface area contributed by atoms with E-state index in [4.69, 9.17) is 15.6 Å². The largest absolute Gasteiger partial charge is 0.457 e. The number of imide groups is 2. The van der Waals surface area contributed by atoms with E-state index in [-0.39, 0.29) is 24.9 Å². The first-order valence-electron chi connectivity index (χ1n) is 21.7. The molecule has 1 atom stereocenters. The second-order valence-corrected chi connectivity index (χ2v) is 17.0. The Bertz CT molecular complexity index is 2560. The fraction of sp³-hybridized carbons (Fsp3) is 0.391. The summed E-state index contributed by atoms with van der Waals surface area (Å²) in [5, 5.41) is 8.03. The predicted molar refractivity (Wildman–Crippen MR) is 229 cm³/mol. The smallest absolute Gasteiger partial charge is 0.320 e. The lowest BCUT2D eigenvalue weighted by Gasteiger charge is -2.42. The van der Waals surface area contributed by atoms with E-state index >= 15 is 0 Å². The van der Waals surface area contributed by atoms with Gasteiger partial charge in [0, 0.05) is 56.9 Å². The molecule has 5 aliphatic rings. The molecule has 5 aliphatic heterocycles. The van der Waals surface area contributed by atoms with E-state index in [2.05, 4.69) is 20.2 Å². The number of amides is 6. The number of aromatic nitrogens is 4. The molecule has 4 fully saturated rings. The van der Waals surface area contributed by atoms with E-state index in [9.17, 15) is 24.0 Å². The van der Waals surface area contributed by atoms with E-state index in [0.717, 1.165) is 86.6 Å². The molecular weight excluding hydrogens is 789 g/mol. The van der Waals surface area contributed by atoms with E-state index in [1.165, 1.54) is 6.33 Å². The number of para-hydroxylation sites is 1. The minimum Gasteiger partial charge on any atom is -0.457 e. The number of piperidine rings is 4. The van der Waals surface area contributed by atoms with E-state index < -0.39 is 29.7 Å². The van der Waals surface area contributed by atoms with Crippen LogP contribution in [0.4, 0.5) is 16.3 Å². The number of nitrogens with two attached hydrogens (primary N) is 1. The van der Waals surface area contributed by atoms with Crippen molar-refractivity contribution in [3.8, 4) is 22.8 Å². The highest BCUT2D eigenvalue weighted by Crippen LogP contribution is 2.38. The molecule has 0 bridgehead atoms. The Morgan fingerprint density at radius 2 is 1.35 bits per heavy atom. The quantitative estimate of drug-likeness (QED) is 0.193. The predicted octanol–water partition coefficient (Wildman–Crippen LogP) is 5.65. The lowest BCUT2D eigenvalue weighted by molar-refractivity contribution is -0.136. The topological polar surface area (TPSA) is 189 Å². The number of anilines is 2. The summed E-state index contributed by atoms with van der Waals surface area (Å²) in [5.41, 5.74) is 10.2. The molecule has 0 radical (unpaired) electrons. The molecule has 0 aliphatic carbocycles. The van der Waals surface area contributed by atoms with Crippen LogP contribution in [0.3, 0.4) is 0 Å². The van der Waals surface area contributed by atoms with Crippen molar-refractivity contribution < 1.29 is 28.7 Å². The van der Waals surface area contributed by atoms with Crippen molar-refractivity contribution in [2.24, 2.45) is 11.8 Å². The molecule has 7 heterocycles. The van der Waals surface area contributed by atoms with Gasteiger partial charge < -0.3 is 25.2 Å². The van der Waals surface area contributed by atoms with Gasteiger partial charge in [-0.15, -0.1) is 0 Å². The summed E-state index contributed by atoms with van der Waals surface area (Å²) in [6.07, 6.45) is 7.15. The molecule has 16 heteroatoms. The van der Waals surface area contributed by atoms with Crippen molar-refractivity contribution >= 4 is 52.2 Å². The Morgan fingerprint density at radius 3 is 2.05 bits per heavy atom. The maximum Gasteiger partial charge on any atom is 0.320 e. The summed E-state index contributed by atoms with van der Waals surface area (Å²) >= 11 is 0. The molecule has 318 valence electrons. The van der Waals surface area contributed by atoms with Crippen LogP contribution >= 0.6 is 0 Å². The number of nitrogens with zero attached hydrogens (tertiary/aromatic N) is 8. The van der Waals surface area contributed by atoms with Crippen LogP contribution in [0, 0.1) is 11.8 Å². The van der Waals surface area contributed by atoms with Crippen LogP contribution in [0.25, 0.3) is 22.3 Å². The molecule has 4 saturated heterocycles. The Labute approximate surface area is 358 Å². The van der Waals surface area contributed by atoms with Crippen molar-refractivity contribution in [3.05, 3.63) is 90.3 Å².